The van der Waals surface area contributed by atoms with Gasteiger partial charge in [-0.15, -0.1) is 11.3 Å². The maximum absolute atomic E-state index is 6.26. The zero-order valence-corrected chi connectivity index (χ0v) is 14.1. The van der Waals surface area contributed by atoms with Crippen LogP contribution in [0.3, 0.4) is 0 Å². The monoisotopic (exact) mass is 341 g/mol. The molecule has 21 heavy (non-hydrogen) atoms. The Morgan fingerprint density at radius 2 is 2.05 bits per heavy atom. The van der Waals surface area contributed by atoms with E-state index in [2.05, 4.69) is 22.5 Å². The minimum atomic E-state index is 0.344. The Morgan fingerprint density at radius 3 is 2.76 bits per heavy atom. The average molecular weight is 342 g/mol. The van der Waals surface area contributed by atoms with Crippen LogP contribution in [0.1, 0.15) is 18.0 Å². The summed E-state index contributed by atoms with van der Waals surface area (Å²) < 4.78 is 0. The number of aromatic nitrogens is 1. The molecule has 3 rings (SSSR count). The highest BCUT2D eigenvalue weighted by Crippen LogP contribution is 2.33. The van der Waals surface area contributed by atoms with Gasteiger partial charge in [-0.25, -0.2) is 4.98 Å². The first-order valence-corrected chi connectivity index (χ1v) is 8.64. The van der Waals surface area contributed by atoms with E-state index >= 15 is 0 Å². The van der Waals surface area contributed by atoms with Gasteiger partial charge in [0.05, 0.1) is 16.8 Å². The number of nitrogens with one attached hydrogen (secondary N) is 1. The second kappa shape index (κ2) is 6.63. The van der Waals surface area contributed by atoms with E-state index in [9.17, 15) is 0 Å². The fourth-order valence-corrected chi connectivity index (χ4v) is 3.94. The van der Waals surface area contributed by atoms with Crippen molar-refractivity contribution in [2.45, 2.75) is 13.0 Å². The molecule has 2 aromatic rings. The second-order valence-electron chi connectivity index (χ2n) is 5.16. The summed E-state index contributed by atoms with van der Waals surface area (Å²) in [6.07, 6.45) is 0. The van der Waals surface area contributed by atoms with Gasteiger partial charge in [0.1, 0.15) is 5.01 Å². The molecule has 1 aliphatic rings. The molecule has 0 aliphatic carbocycles. The lowest BCUT2D eigenvalue weighted by Crippen LogP contribution is -2.44. The van der Waals surface area contributed by atoms with Crippen LogP contribution >= 0.6 is 34.5 Å². The molecule has 2 heterocycles. The van der Waals surface area contributed by atoms with Crippen LogP contribution in [0.15, 0.2) is 23.6 Å². The van der Waals surface area contributed by atoms with Gasteiger partial charge < -0.3 is 5.32 Å². The predicted octanol–water partition coefficient (Wildman–Crippen LogP) is 4.08. The van der Waals surface area contributed by atoms with Crippen molar-refractivity contribution < 1.29 is 0 Å². The molecule has 0 spiro atoms. The van der Waals surface area contributed by atoms with Crippen LogP contribution in [-0.2, 0) is 0 Å². The minimum Gasteiger partial charge on any atom is -0.314 e. The Balaban J connectivity index is 1.82. The van der Waals surface area contributed by atoms with Crippen molar-refractivity contribution in [3.63, 3.8) is 0 Å². The summed E-state index contributed by atoms with van der Waals surface area (Å²) in [4.78, 5) is 7.24. The van der Waals surface area contributed by atoms with Crippen molar-refractivity contribution >= 4 is 34.5 Å². The Kier molecular flexibility index (Phi) is 4.82. The van der Waals surface area contributed by atoms with Crippen LogP contribution in [0.25, 0.3) is 11.3 Å². The van der Waals surface area contributed by atoms with E-state index in [1.54, 1.807) is 17.4 Å². The lowest BCUT2D eigenvalue weighted by molar-refractivity contribution is 0.185. The van der Waals surface area contributed by atoms with E-state index in [1.807, 2.05) is 12.1 Å². The molecule has 112 valence electrons. The fourth-order valence-electron chi connectivity index (χ4n) is 2.53. The molecule has 0 saturated carbocycles. The van der Waals surface area contributed by atoms with Gasteiger partial charge in [0, 0.05) is 42.1 Å². The maximum atomic E-state index is 6.26. The Hall–Kier alpha value is -0.650. The van der Waals surface area contributed by atoms with Gasteiger partial charge in [-0.1, -0.05) is 23.2 Å². The van der Waals surface area contributed by atoms with Gasteiger partial charge >= 0.3 is 0 Å². The van der Waals surface area contributed by atoms with E-state index in [0.29, 0.717) is 16.1 Å². The number of benzene rings is 1. The van der Waals surface area contributed by atoms with Crippen molar-refractivity contribution in [1.82, 2.24) is 15.2 Å². The molecule has 0 radical (unpaired) electrons. The summed E-state index contributed by atoms with van der Waals surface area (Å²) >= 11 is 13.9. The van der Waals surface area contributed by atoms with Crippen molar-refractivity contribution in [2.24, 2.45) is 0 Å². The largest absolute Gasteiger partial charge is 0.314 e. The molecular formula is C15H17Cl2N3S. The molecule has 0 bridgehead atoms. The lowest BCUT2D eigenvalue weighted by atomic mass is 10.2. The number of hydrogen-bond donors (Lipinski definition) is 1. The van der Waals surface area contributed by atoms with Crippen molar-refractivity contribution in [1.29, 1.82) is 0 Å². The summed E-state index contributed by atoms with van der Waals surface area (Å²) in [5, 5.41) is 7.88. The van der Waals surface area contributed by atoms with Gasteiger partial charge in [0.15, 0.2) is 0 Å². The molecule has 1 unspecified atom stereocenters. The Morgan fingerprint density at radius 1 is 1.29 bits per heavy atom. The van der Waals surface area contributed by atoms with E-state index < -0.39 is 0 Å². The molecule has 1 aliphatic heterocycles. The smallest absolute Gasteiger partial charge is 0.110 e. The summed E-state index contributed by atoms with van der Waals surface area (Å²) in [6, 6.07) is 5.88. The van der Waals surface area contributed by atoms with E-state index in [-0.39, 0.29) is 0 Å². The van der Waals surface area contributed by atoms with Crippen molar-refractivity contribution in [3.05, 3.63) is 38.6 Å². The van der Waals surface area contributed by atoms with Crippen LogP contribution in [0.2, 0.25) is 10.0 Å². The molecule has 3 nitrogen and oxygen atoms in total. The van der Waals surface area contributed by atoms with Gasteiger partial charge in [-0.05, 0) is 25.1 Å². The minimum absolute atomic E-state index is 0.344. The molecule has 6 heteroatoms. The number of thiazole rings is 1. The highest BCUT2D eigenvalue weighted by atomic mass is 35.5. The third-order valence-corrected chi connectivity index (χ3v) is 5.35. The summed E-state index contributed by atoms with van der Waals surface area (Å²) in [6.45, 7) is 6.45. The topological polar surface area (TPSA) is 28.2 Å². The standard InChI is InChI=1S/C15H17Cl2N3S/c1-10(20-6-4-18-5-7-20)15-19-14(9-21-15)12-3-2-11(16)8-13(12)17/h2-3,8-10,18H,4-7H2,1H3. The van der Waals surface area contributed by atoms with Crippen LogP contribution in [0, 0.1) is 0 Å². The van der Waals surface area contributed by atoms with Crippen LogP contribution in [-0.4, -0.2) is 36.1 Å². The highest BCUT2D eigenvalue weighted by molar-refractivity contribution is 7.10. The zero-order valence-electron chi connectivity index (χ0n) is 11.8. The maximum Gasteiger partial charge on any atom is 0.110 e. The number of hydrogen-bond acceptors (Lipinski definition) is 4. The number of piperazine rings is 1. The lowest BCUT2D eigenvalue weighted by Gasteiger charge is -2.31. The number of halogens is 2. The molecular weight excluding hydrogens is 325 g/mol. The van der Waals surface area contributed by atoms with Crippen molar-refractivity contribution in [2.75, 3.05) is 26.2 Å². The molecule has 1 N–H and O–H groups in total. The Labute approximate surface area is 138 Å². The normalized spacial score (nSPS) is 17.9. The molecule has 1 saturated heterocycles. The third kappa shape index (κ3) is 3.41. The first-order chi connectivity index (χ1) is 10.1. The molecule has 1 fully saturated rings. The second-order valence-corrected chi connectivity index (χ2v) is 6.89. The fraction of sp³-hybridized carbons (Fsp3) is 0.400. The first-order valence-electron chi connectivity index (χ1n) is 7.01. The number of rotatable bonds is 3. The van der Waals surface area contributed by atoms with Crippen LogP contribution in [0.4, 0.5) is 0 Å². The van der Waals surface area contributed by atoms with E-state index in [4.69, 9.17) is 28.2 Å². The van der Waals surface area contributed by atoms with Gasteiger partial charge in [-0.2, -0.15) is 0 Å². The van der Waals surface area contributed by atoms with Crippen LogP contribution in [0.5, 0.6) is 0 Å². The van der Waals surface area contributed by atoms with E-state index in [0.717, 1.165) is 42.4 Å². The third-order valence-electron chi connectivity index (χ3n) is 3.79. The summed E-state index contributed by atoms with van der Waals surface area (Å²) in [7, 11) is 0. The summed E-state index contributed by atoms with van der Waals surface area (Å²) in [5.74, 6) is 0. The number of nitrogens with zero attached hydrogens (tertiary/aromatic N) is 2. The molecule has 0 amide bonds. The highest BCUT2D eigenvalue weighted by Gasteiger charge is 2.21. The van der Waals surface area contributed by atoms with Gasteiger partial charge in [0.2, 0.25) is 0 Å². The SMILES string of the molecule is CC(c1nc(-c2ccc(Cl)cc2Cl)cs1)N1CCNCC1. The average Bonchev–Trinajstić information content (AvgIpc) is 2.97. The molecule has 1 aromatic heterocycles. The van der Waals surface area contributed by atoms with Crippen molar-refractivity contribution in [3.8, 4) is 11.3 Å². The van der Waals surface area contributed by atoms with Crippen LogP contribution < -0.4 is 5.32 Å². The van der Waals surface area contributed by atoms with Gasteiger partial charge in [-0.3, -0.25) is 4.90 Å². The Bertz CT molecular complexity index is 623. The quantitative estimate of drug-likeness (QED) is 0.911. The molecule has 1 aromatic carbocycles. The zero-order chi connectivity index (χ0) is 14.8. The first kappa shape index (κ1) is 15.3. The van der Waals surface area contributed by atoms with Gasteiger partial charge in [0.25, 0.3) is 0 Å². The van der Waals surface area contributed by atoms with E-state index in [1.165, 1.54) is 0 Å². The molecule has 1 atom stereocenters. The summed E-state index contributed by atoms with van der Waals surface area (Å²) in [5.41, 5.74) is 1.87. The predicted molar refractivity (Wildman–Crippen MR) is 90.4 cm³/mol.